The predicted octanol–water partition coefficient (Wildman–Crippen LogP) is 3.24. The van der Waals surface area contributed by atoms with Gasteiger partial charge in [-0.15, -0.1) is 0 Å². The van der Waals surface area contributed by atoms with Crippen molar-refractivity contribution in [3.05, 3.63) is 71.3 Å². The molecule has 2 fully saturated rings. The lowest BCUT2D eigenvalue weighted by Gasteiger charge is -2.37. The average molecular weight is 342 g/mol. The van der Waals surface area contributed by atoms with Gasteiger partial charge in [-0.25, -0.2) is 8.78 Å². The summed E-state index contributed by atoms with van der Waals surface area (Å²) < 4.78 is 26.7. The number of halogens is 2. The van der Waals surface area contributed by atoms with Crippen LogP contribution in [0.5, 0.6) is 0 Å². The molecule has 5 heteroatoms. The molecule has 1 heterocycles. The maximum atomic E-state index is 13.6. The summed E-state index contributed by atoms with van der Waals surface area (Å²) in [5.74, 6) is -0.326. The first-order valence-corrected chi connectivity index (χ1v) is 8.65. The second kappa shape index (κ2) is 6.56. The van der Waals surface area contributed by atoms with E-state index in [1.807, 2.05) is 11.0 Å². The first-order valence-electron chi connectivity index (χ1n) is 8.65. The highest BCUT2D eigenvalue weighted by Gasteiger charge is 2.47. The van der Waals surface area contributed by atoms with Crippen molar-refractivity contribution in [1.29, 1.82) is 0 Å². The molecule has 25 heavy (non-hydrogen) atoms. The first kappa shape index (κ1) is 16.2. The minimum absolute atomic E-state index is 0.0559. The van der Waals surface area contributed by atoms with Crippen molar-refractivity contribution in [3.8, 4) is 0 Å². The normalized spacial score (nSPS) is 25.7. The standard InChI is InChI=1S/C20H20F2N2O/c21-15-6-4-13(5-7-15)17-11-18(17)20(25)24-9-8-23-12-19(24)14-2-1-3-16(22)10-14/h1-7,10,17-19,23H,8-9,11-12H2. The molecule has 130 valence electrons. The third-order valence-corrected chi connectivity index (χ3v) is 5.17. The second-order valence-corrected chi connectivity index (χ2v) is 6.81. The van der Waals surface area contributed by atoms with Gasteiger partial charge in [0.2, 0.25) is 5.91 Å². The highest BCUT2D eigenvalue weighted by Crippen LogP contribution is 2.49. The zero-order valence-electron chi connectivity index (χ0n) is 13.8. The van der Waals surface area contributed by atoms with Crippen LogP contribution >= 0.6 is 0 Å². The fourth-order valence-electron chi connectivity index (χ4n) is 3.74. The number of amides is 1. The van der Waals surface area contributed by atoms with Crippen molar-refractivity contribution in [3.63, 3.8) is 0 Å². The van der Waals surface area contributed by atoms with Crippen LogP contribution in [0.3, 0.4) is 0 Å². The van der Waals surface area contributed by atoms with Crippen LogP contribution in [0.1, 0.15) is 29.5 Å². The Labute approximate surface area is 145 Å². The van der Waals surface area contributed by atoms with E-state index in [2.05, 4.69) is 5.32 Å². The molecule has 0 spiro atoms. The minimum Gasteiger partial charge on any atom is -0.333 e. The Kier molecular flexibility index (Phi) is 4.25. The zero-order valence-corrected chi connectivity index (χ0v) is 13.8. The molecule has 3 unspecified atom stereocenters. The molecule has 0 aromatic heterocycles. The summed E-state index contributed by atoms with van der Waals surface area (Å²) in [5.41, 5.74) is 1.83. The van der Waals surface area contributed by atoms with Crippen LogP contribution in [0.4, 0.5) is 8.78 Å². The fraction of sp³-hybridized carbons (Fsp3) is 0.350. The van der Waals surface area contributed by atoms with Crippen LogP contribution < -0.4 is 5.32 Å². The van der Waals surface area contributed by atoms with Crippen LogP contribution in [0.15, 0.2) is 48.5 Å². The third-order valence-electron chi connectivity index (χ3n) is 5.17. The second-order valence-electron chi connectivity index (χ2n) is 6.81. The largest absolute Gasteiger partial charge is 0.333 e. The van der Waals surface area contributed by atoms with E-state index < -0.39 is 0 Å². The lowest BCUT2D eigenvalue weighted by Crippen LogP contribution is -2.49. The molecule has 1 N–H and O–H groups in total. The van der Waals surface area contributed by atoms with Crippen LogP contribution in [-0.2, 0) is 4.79 Å². The molecule has 1 saturated carbocycles. The van der Waals surface area contributed by atoms with Gasteiger partial charge in [-0.2, -0.15) is 0 Å². The monoisotopic (exact) mass is 342 g/mol. The number of carbonyl (C=O) groups excluding carboxylic acids is 1. The summed E-state index contributed by atoms with van der Waals surface area (Å²) in [5, 5.41) is 3.29. The molecule has 3 atom stereocenters. The smallest absolute Gasteiger partial charge is 0.226 e. The van der Waals surface area contributed by atoms with Gasteiger partial charge < -0.3 is 10.2 Å². The molecule has 1 aliphatic heterocycles. The first-order chi connectivity index (χ1) is 12.1. The lowest BCUT2D eigenvalue weighted by atomic mass is 10.0. The molecule has 0 bridgehead atoms. The fourth-order valence-corrected chi connectivity index (χ4v) is 3.74. The average Bonchev–Trinajstić information content (AvgIpc) is 3.42. The van der Waals surface area contributed by atoms with Crippen molar-refractivity contribution in [1.82, 2.24) is 10.2 Å². The molecular formula is C20H20F2N2O. The Bertz CT molecular complexity index is 778. The molecule has 3 nitrogen and oxygen atoms in total. The molecule has 1 amide bonds. The minimum atomic E-state index is -0.286. The highest BCUT2D eigenvalue weighted by atomic mass is 19.1. The summed E-state index contributed by atoms with van der Waals surface area (Å²) in [4.78, 5) is 14.9. The maximum absolute atomic E-state index is 13.6. The van der Waals surface area contributed by atoms with Crippen LogP contribution in [0, 0.1) is 17.6 Å². The van der Waals surface area contributed by atoms with Gasteiger partial charge in [-0.1, -0.05) is 24.3 Å². The maximum Gasteiger partial charge on any atom is 0.226 e. The van der Waals surface area contributed by atoms with Crippen molar-refractivity contribution in [2.24, 2.45) is 5.92 Å². The quantitative estimate of drug-likeness (QED) is 0.929. The van der Waals surface area contributed by atoms with Gasteiger partial charge in [-0.3, -0.25) is 4.79 Å². The van der Waals surface area contributed by atoms with Crippen molar-refractivity contribution >= 4 is 5.91 Å². The SMILES string of the molecule is O=C(C1CC1c1ccc(F)cc1)N1CCNCC1c1cccc(F)c1. The molecule has 0 radical (unpaired) electrons. The van der Waals surface area contributed by atoms with Crippen LogP contribution in [0.25, 0.3) is 0 Å². The zero-order chi connectivity index (χ0) is 17.4. The number of nitrogens with one attached hydrogen (secondary N) is 1. The van der Waals surface area contributed by atoms with Crippen molar-refractivity contribution < 1.29 is 13.6 Å². The van der Waals surface area contributed by atoms with E-state index in [1.165, 1.54) is 24.3 Å². The highest BCUT2D eigenvalue weighted by molar-refractivity contribution is 5.83. The van der Waals surface area contributed by atoms with E-state index in [0.717, 1.165) is 24.1 Å². The number of hydrogen-bond donors (Lipinski definition) is 1. The van der Waals surface area contributed by atoms with Gasteiger partial charge in [-0.05, 0) is 47.7 Å². The van der Waals surface area contributed by atoms with E-state index in [1.54, 1.807) is 18.2 Å². The number of piperazine rings is 1. The number of benzene rings is 2. The molecule has 2 aromatic rings. The number of hydrogen-bond acceptors (Lipinski definition) is 2. The molecule has 1 aliphatic carbocycles. The Morgan fingerprint density at radius 3 is 2.60 bits per heavy atom. The van der Waals surface area contributed by atoms with Gasteiger partial charge in [0.25, 0.3) is 0 Å². The van der Waals surface area contributed by atoms with Gasteiger partial charge in [0.05, 0.1) is 6.04 Å². The Hall–Kier alpha value is -2.27. The van der Waals surface area contributed by atoms with Gasteiger partial charge in [0.1, 0.15) is 11.6 Å². The van der Waals surface area contributed by atoms with Crippen LogP contribution in [-0.4, -0.2) is 30.4 Å². The van der Waals surface area contributed by atoms with E-state index in [9.17, 15) is 13.6 Å². The summed E-state index contributed by atoms with van der Waals surface area (Å²) in [6, 6.07) is 12.7. The Morgan fingerprint density at radius 1 is 1.04 bits per heavy atom. The number of nitrogens with zero attached hydrogens (tertiary/aromatic N) is 1. The van der Waals surface area contributed by atoms with Gasteiger partial charge in [0, 0.05) is 25.6 Å². The molecule has 4 rings (SSSR count). The molecule has 1 saturated heterocycles. The summed E-state index contributed by atoms with van der Waals surface area (Å²) >= 11 is 0. The number of carbonyl (C=O) groups is 1. The van der Waals surface area contributed by atoms with Crippen LogP contribution in [0.2, 0.25) is 0 Å². The van der Waals surface area contributed by atoms with E-state index in [-0.39, 0.29) is 35.4 Å². The van der Waals surface area contributed by atoms with E-state index in [4.69, 9.17) is 0 Å². The molecule has 2 aromatic carbocycles. The van der Waals surface area contributed by atoms with E-state index >= 15 is 0 Å². The van der Waals surface area contributed by atoms with Crippen molar-refractivity contribution in [2.75, 3.05) is 19.6 Å². The molecular weight excluding hydrogens is 322 g/mol. The summed E-state index contributed by atoms with van der Waals surface area (Å²) in [7, 11) is 0. The van der Waals surface area contributed by atoms with E-state index in [0.29, 0.717) is 13.1 Å². The van der Waals surface area contributed by atoms with Crippen molar-refractivity contribution in [2.45, 2.75) is 18.4 Å². The summed E-state index contributed by atoms with van der Waals surface area (Å²) in [6.45, 7) is 1.99. The lowest BCUT2D eigenvalue weighted by molar-refractivity contribution is -0.136. The molecule has 2 aliphatic rings. The predicted molar refractivity (Wildman–Crippen MR) is 91.0 cm³/mol. The topological polar surface area (TPSA) is 32.3 Å². The third kappa shape index (κ3) is 3.29. The Morgan fingerprint density at radius 2 is 1.84 bits per heavy atom. The number of rotatable bonds is 3. The summed E-state index contributed by atoms with van der Waals surface area (Å²) in [6.07, 6.45) is 0.796. The van der Waals surface area contributed by atoms with Gasteiger partial charge >= 0.3 is 0 Å². The van der Waals surface area contributed by atoms with Gasteiger partial charge in [0.15, 0.2) is 0 Å². The Balaban J connectivity index is 1.51.